The Morgan fingerprint density at radius 1 is 1.33 bits per heavy atom. The molecule has 1 aromatic heterocycles. The van der Waals surface area contributed by atoms with Crippen molar-refractivity contribution < 1.29 is 18.8 Å². The summed E-state index contributed by atoms with van der Waals surface area (Å²) in [7, 11) is 3.25. The van der Waals surface area contributed by atoms with Crippen molar-refractivity contribution >= 4 is 11.8 Å². The van der Waals surface area contributed by atoms with Crippen molar-refractivity contribution in [2.45, 2.75) is 25.8 Å². The monoisotopic (exact) mass is 331 g/mol. The Labute approximate surface area is 140 Å². The number of aromatic nitrogens is 1. The van der Waals surface area contributed by atoms with E-state index < -0.39 is 0 Å². The number of hydrogen-bond acceptors (Lipinski definition) is 5. The lowest BCUT2D eigenvalue weighted by Crippen LogP contribution is -2.34. The molecule has 128 valence electrons. The Kier molecular flexibility index (Phi) is 4.59. The van der Waals surface area contributed by atoms with Crippen molar-refractivity contribution in [2.75, 3.05) is 26.1 Å². The lowest BCUT2D eigenvalue weighted by Gasteiger charge is -2.26. The van der Waals surface area contributed by atoms with Crippen molar-refractivity contribution in [3.63, 3.8) is 0 Å². The smallest absolute Gasteiger partial charge is 0.323 e. The average Bonchev–Trinajstić information content (AvgIpc) is 3.23. The van der Waals surface area contributed by atoms with Crippen molar-refractivity contribution in [1.82, 2.24) is 10.1 Å². The summed E-state index contributed by atoms with van der Waals surface area (Å²) in [4.78, 5) is 14.4. The van der Waals surface area contributed by atoms with Gasteiger partial charge in [-0.3, -0.25) is 5.32 Å². The number of hydrogen-bond donors (Lipinski definition) is 1. The maximum absolute atomic E-state index is 12.6. The summed E-state index contributed by atoms with van der Waals surface area (Å²) in [6, 6.07) is 7.06. The maximum Gasteiger partial charge on any atom is 0.323 e. The molecule has 0 aliphatic carbocycles. The number of benzene rings is 1. The highest BCUT2D eigenvalue weighted by Gasteiger charge is 2.32. The van der Waals surface area contributed by atoms with Gasteiger partial charge in [-0.25, -0.2) is 4.79 Å². The molecule has 0 radical (unpaired) electrons. The number of aryl methyl sites for hydroxylation is 1. The largest absolute Gasteiger partial charge is 0.497 e. The van der Waals surface area contributed by atoms with Crippen LogP contribution in [0.4, 0.5) is 10.6 Å². The minimum absolute atomic E-state index is 0.0666. The Morgan fingerprint density at radius 3 is 2.83 bits per heavy atom. The SMILES string of the molecule is COc1ccc(OC)c(C2CCCN2C(=O)Nc2cc(C)on2)c1. The summed E-state index contributed by atoms with van der Waals surface area (Å²) in [5.74, 6) is 2.56. The van der Waals surface area contributed by atoms with Crippen LogP contribution in [0.25, 0.3) is 0 Å². The van der Waals surface area contributed by atoms with Gasteiger partial charge in [-0.05, 0) is 38.0 Å². The molecule has 0 spiro atoms. The standard InChI is InChI=1S/C17H21N3O4/c1-11-9-16(19-24-11)18-17(21)20-8-4-5-14(20)13-10-12(22-2)6-7-15(13)23-3/h6-7,9-10,14H,4-5,8H2,1-3H3,(H,18,19,21). The van der Waals surface area contributed by atoms with Gasteiger partial charge < -0.3 is 18.9 Å². The van der Waals surface area contributed by atoms with Crippen molar-refractivity contribution in [3.05, 3.63) is 35.6 Å². The van der Waals surface area contributed by atoms with Crippen LogP contribution in [0.1, 0.15) is 30.2 Å². The second kappa shape index (κ2) is 6.82. The van der Waals surface area contributed by atoms with Crippen LogP contribution in [0.3, 0.4) is 0 Å². The molecule has 1 saturated heterocycles. The lowest BCUT2D eigenvalue weighted by atomic mass is 10.0. The molecule has 0 bridgehead atoms. The van der Waals surface area contributed by atoms with E-state index in [1.165, 1.54) is 0 Å². The van der Waals surface area contributed by atoms with Gasteiger partial charge in [0.15, 0.2) is 5.82 Å². The van der Waals surface area contributed by atoms with Crippen LogP contribution in [0, 0.1) is 6.92 Å². The fourth-order valence-electron chi connectivity index (χ4n) is 3.04. The Morgan fingerprint density at radius 2 is 2.17 bits per heavy atom. The first-order chi connectivity index (χ1) is 11.6. The number of urea groups is 1. The highest BCUT2D eigenvalue weighted by molar-refractivity contribution is 5.88. The number of methoxy groups -OCH3 is 2. The van der Waals surface area contributed by atoms with Crippen molar-refractivity contribution in [1.29, 1.82) is 0 Å². The van der Waals surface area contributed by atoms with Crippen LogP contribution in [-0.4, -0.2) is 36.9 Å². The van der Waals surface area contributed by atoms with Crippen LogP contribution in [0.5, 0.6) is 11.5 Å². The van der Waals surface area contributed by atoms with E-state index in [0.717, 1.165) is 29.9 Å². The third kappa shape index (κ3) is 3.15. The molecule has 1 fully saturated rings. The van der Waals surface area contributed by atoms with Gasteiger partial charge in [-0.2, -0.15) is 0 Å². The molecule has 7 nitrogen and oxygen atoms in total. The van der Waals surface area contributed by atoms with E-state index in [1.807, 2.05) is 18.2 Å². The molecule has 2 heterocycles. The van der Waals surface area contributed by atoms with Crippen LogP contribution in [0.15, 0.2) is 28.8 Å². The first kappa shape index (κ1) is 16.2. The number of nitrogens with zero attached hydrogens (tertiary/aromatic N) is 2. The summed E-state index contributed by atoms with van der Waals surface area (Å²) >= 11 is 0. The van der Waals surface area contributed by atoms with Gasteiger partial charge >= 0.3 is 6.03 Å². The Hall–Kier alpha value is -2.70. The lowest BCUT2D eigenvalue weighted by molar-refractivity contribution is 0.205. The molecule has 1 N–H and O–H groups in total. The van der Waals surface area contributed by atoms with Crippen LogP contribution < -0.4 is 14.8 Å². The van der Waals surface area contributed by atoms with E-state index >= 15 is 0 Å². The number of amides is 2. The topological polar surface area (TPSA) is 76.8 Å². The number of anilines is 1. The summed E-state index contributed by atoms with van der Waals surface area (Å²) in [5, 5.41) is 6.59. The van der Waals surface area contributed by atoms with E-state index in [4.69, 9.17) is 14.0 Å². The van der Waals surface area contributed by atoms with Gasteiger partial charge in [-0.15, -0.1) is 0 Å². The highest BCUT2D eigenvalue weighted by Crippen LogP contribution is 2.39. The van der Waals surface area contributed by atoms with E-state index in [1.54, 1.807) is 32.1 Å². The molecule has 0 saturated carbocycles. The first-order valence-electron chi connectivity index (χ1n) is 7.85. The van der Waals surface area contributed by atoms with E-state index in [0.29, 0.717) is 18.1 Å². The van der Waals surface area contributed by atoms with Crippen molar-refractivity contribution in [2.24, 2.45) is 0 Å². The second-order valence-corrected chi connectivity index (χ2v) is 5.71. The van der Waals surface area contributed by atoms with E-state index in [-0.39, 0.29) is 12.1 Å². The maximum atomic E-state index is 12.6. The van der Waals surface area contributed by atoms with Crippen LogP contribution in [-0.2, 0) is 0 Å². The fraction of sp³-hybridized carbons (Fsp3) is 0.412. The van der Waals surface area contributed by atoms with Crippen LogP contribution >= 0.6 is 0 Å². The number of carbonyl (C=O) groups is 1. The first-order valence-corrected chi connectivity index (χ1v) is 7.85. The second-order valence-electron chi connectivity index (χ2n) is 5.71. The van der Waals surface area contributed by atoms with E-state index in [2.05, 4.69) is 10.5 Å². The molecule has 1 aliphatic rings. The Bertz CT molecular complexity index is 728. The molecule has 1 aromatic carbocycles. The fourth-order valence-corrected chi connectivity index (χ4v) is 3.04. The van der Waals surface area contributed by atoms with Gasteiger partial charge in [0, 0.05) is 18.2 Å². The molecule has 1 atom stereocenters. The van der Waals surface area contributed by atoms with Gasteiger partial charge in [0.1, 0.15) is 17.3 Å². The molecule has 24 heavy (non-hydrogen) atoms. The average molecular weight is 331 g/mol. The molecule has 2 amide bonds. The third-order valence-electron chi connectivity index (χ3n) is 4.17. The summed E-state index contributed by atoms with van der Waals surface area (Å²) in [5.41, 5.74) is 0.945. The number of likely N-dealkylation sites (tertiary alicyclic amines) is 1. The highest BCUT2D eigenvalue weighted by atomic mass is 16.5. The third-order valence-corrected chi connectivity index (χ3v) is 4.17. The molecule has 1 unspecified atom stereocenters. The Balaban J connectivity index is 1.83. The predicted octanol–water partition coefficient (Wildman–Crippen LogP) is 3.37. The number of carbonyl (C=O) groups excluding carboxylic acids is 1. The van der Waals surface area contributed by atoms with Gasteiger partial charge in [-0.1, -0.05) is 5.16 Å². The number of nitrogens with one attached hydrogen (secondary N) is 1. The predicted molar refractivity (Wildman–Crippen MR) is 88.5 cm³/mol. The molecular formula is C17H21N3O4. The molecule has 3 rings (SSSR count). The number of rotatable bonds is 4. The molecule has 1 aliphatic heterocycles. The zero-order valence-electron chi connectivity index (χ0n) is 14.0. The quantitative estimate of drug-likeness (QED) is 0.929. The van der Waals surface area contributed by atoms with Gasteiger partial charge in [0.25, 0.3) is 0 Å². The number of ether oxygens (including phenoxy) is 2. The molecular weight excluding hydrogens is 310 g/mol. The summed E-state index contributed by atoms with van der Waals surface area (Å²) in [6.45, 7) is 2.45. The minimum Gasteiger partial charge on any atom is -0.497 e. The van der Waals surface area contributed by atoms with E-state index in [9.17, 15) is 4.79 Å². The van der Waals surface area contributed by atoms with Gasteiger partial charge in [0.05, 0.1) is 20.3 Å². The van der Waals surface area contributed by atoms with Gasteiger partial charge in [0.2, 0.25) is 0 Å². The molecule has 7 heteroatoms. The zero-order chi connectivity index (χ0) is 17.1. The van der Waals surface area contributed by atoms with Crippen LogP contribution in [0.2, 0.25) is 0 Å². The normalized spacial score (nSPS) is 17.0. The van der Waals surface area contributed by atoms with Crippen molar-refractivity contribution in [3.8, 4) is 11.5 Å². The zero-order valence-corrected chi connectivity index (χ0v) is 14.0. The summed E-state index contributed by atoms with van der Waals surface area (Å²) < 4.78 is 15.8. The minimum atomic E-state index is -0.198. The summed E-state index contributed by atoms with van der Waals surface area (Å²) in [6.07, 6.45) is 1.80. The molecule has 2 aromatic rings.